The highest BCUT2D eigenvalue weighted by molar-refractivity contribution is 7.12. The van der Waals surface area contributed by atoms with Crippen LogP contribution >= 0.6 is 11.3 Å². The minimum atomic E-state index is -0.353. The van der Waals surface area contributed by atoms with Gasteiger partial charge in [-0.15, -0.1) is 11.3 Å². The Morgan fingerprint density at radius 3 is 2.59 bits per heavy atom. The number of ketones is 1. The highest BCUT2D eigenvalue weighted by atomic mass is 32.1. The lowest BCUT2D eigenvalue weighted by Gasteiger charge is -2.17. The van der Waals surface area contributed by atoms with E-state index in [2.05, 4.69) is 0 Å². The molecule has 0 radical (unpaired) electrons. The van der Waals surface area contributed by atoms with Gasteiger partial charge in [0.1, 0.15) is 6.61 Å². The standard InChI is InChI=1S/C12H17NO3S/c1-3-13(4-2)12(15)16-8-7-10(14)11-6-5-9-17-11/h5-6,9H,3-4,7-8H2,1-2H3. The maximum atomic E-state index is 11.6. The van der Waals surface area contributed by atoms with Gasteiger partial charge in [0.2, 0.25) is 0 Å². The summed E-state index contributed by atoms with van der Waals surface area (Å²) < 4.78 is 5.03. The average Bonchev–Trinajstić information content (AvgIpc) is 2.84. The summed E-state index contributed by atoms with van der Waals surface area (Å²) in [4.78, 5) is 25.4. The lowest BCUT2D eigenvalue weighted by molar-refractivity contribution is 0.0876. The molecule has 5 heteroatoms. The molecule has 1 rings (SSSR count). The zero-order valence-corrected chi connectivity index (χ0v) is 11.0. The van der Waals surface area contributed by atoms with Crippen molar-refractivity contribution in [2.24, 2.45) is 0 Å². The van der Waals surface area contributed by atoms with Gasteiger partial charge >= 0.3 is 6.09 Å². The van der Waals surface area contributed by atoms with E-state index in [0.717, 1.165) is 0 Å². The third kappa shape index (κ3) is 4.19. The normalized spacial score (nSPS) is 10.0. The number of carbonyl (C=O) groups excluding carboxylic acids is 2. The SMILES string of the molecule is CCN(CC)C(=O)OCCC(=O)c1cccs1. The van der Waals surface area contributed by atoms with E-state index in [0.29, 0.717) is 18.0 Å². The summed E-state index contributed by atoms with van der Waals surface area (Å²) in [5.74, 6) is 0.0207. The predicted octanol–water partition coefficient (Wildman–Crippen LogP) is 2.80. The quantitative estimate of drug-likeness (QED) is 0.734. The Bertz CT molecular complexity index is 358. The van der Waals surface area contributed by atoms with Gasteiger partial charge in [-0.05, 0) is 25.3 Å². The van der Waals surface area contributed by atoms with Gasteiger partial charge in [-0.1, -0.05) is 6.07 Å². The fraction of sp³-hybridized carbons (Fsp3) is 0.500. The Hall–Kier alpha value is -1.36. The molecule has 1 aromatic rings. The topological polar surface area (TPSA) is 46.6 Å². The third-order valence-corrected chi connectivity index (χ3v) is 3.28. The molecule has 1 aromatic heterocycles. The van der Waals surface area contributed by atoms with Crippen LogP contribution in [0, 0.1) is 0 Å². The maximum absolute atomic E-state index is 11.6. The van der Waals surface area contributed by atoms with Crippen LogP contribution in [0.2, 0.25) is 0 Å². The Morgan fingerprint density at radius 2 is 2.06 bits per heavy atom. The van der Waals surface area contributed by atoms with E-state index >= 15 is 0 Å². The number of nitrogens with zero attached hydrogens (tertiary/aromatic N) is 1. The smallest absolute Gasteiger partial charge is 0.409 e. The third-order valence-electron chi connectivity index (χ3n) is 2.37. The molecule has 4 nitrogen and oxygen atoms in total. The van der Waals surface area contributed by atoms with Gasteiger partial charge in [0.25, 0.3) is 0 Å². The maximum Gasteiger partial charge on any atom is 0.409 e. The molecule has 0 unspecified atom stereocenters. The second-order valence-corrected chi connectivity index (χ2v) is 4.38. The van der Waals surface area contributed by atoms with Crippen molar-refractivity contribution >= 4 is 23.2 Å². The number of ether oxygens (including phenoxy) is 1. The number of amides is 1. The Balaban J connectivity index is 2.28. The summed E-state index contributed by atoms with van der Waals surface area (Å²) in [5.41, 5.74) is 0. The summed E-state index contributed by atoms with van der Waals surface area (Å²) in [6.45, 7) is 5.16. The molecule has 0 atom stereocenters. The van der Waals surface area contributed by atoms with E-state index in [1.165, 1.54) is 11.3 Å². The van der Waals surface area contributed by atoms with E-state index in [-0.39, 0.29) is 24.9 Å². The van der Waals surface area contributed by atoms with Crippen LogP contribution in [0.15, 0.2) is 17.5 Å². The molecule has 1 amide bonds. The van der Waals surface area contributed by atoms with Gasteiger partial charge in [0, 0.05) is 19.5 Å². The lowest BCUT2D eigenvalue weighted by atomic mass is 10.2. The molecule has 17 heavy (non-hydrogen) atoms. The molecule has 0 aliphatic heterocycles. The van der Waals surface area contributed by atoms with Gasteiger partial charge in [0.05, 0.1) is 4.88 Å². The van der Waals surface area contributed by atoms with E-state index in [9.17, 15) is 9.59 Å². The van der Waals surface area contributed by atoms with Crippen LogP contribution in [-0.2, 0) is 4.74 Å². The summed E-state index contributed by atoms with van der Waals surface area (Å²) in [6, 6.07) is 3.61. The molecule has 94 valence electrons. The van der Waals surface area contributed by atoms with Crippen molar-refractivity contribution in [2.45, 2.75) is 20.3 Å². The van der Waals surface area contributed by atoms with Crippen molar-refractivity contribution in [3.8, 4) is 0 Å². The number of hydrogen-bond acceptors (Lipinski definition) is 4. The molecule has 0 bridgehead atoms. The first kappa shape index (κ1) is 13.7. The van der Waals surface area contributed by atoms with Crippen LogP contribution in [0.5, 0.6) is 0 Å². The van der Waals surface area contributed by atoms with Crippen molar-refractivity contribution in [1.82, 2.24) is 4.90 Å². The Morgan fingerprint density at radius 1 is 1.35 bits per heavy atom. The van der Waals surface area contributed by atoms with Crippen LogP contribution < -0.4 is 0 Å². The zero-order valence-electron chi connectivity index (χ0n) is 10.1. The van der Waals surface area contributed by atoms with Gasteiger partial charge in [0.15, 0.2) is 5.78 Å². The molecular formula is C12H17NO3S. The molecule has 0 aliphatic rings. The highest BCUT2D eigenvalue weighted by Crippen LogP contribution is 2.11. The van der Waals surface area contributed by atoms with E-state index in [4.69, 9.17) is 4.74 Å². The Kier molecular flexibility index (Phi) is 5.69. The fourth-order valence-corrected chi connectivity index (χ4v) is 2.06. The van der Waals surface area contributed by atoms with Crippen molar-refractivity contribution in [2.75, 3.05) is 19.7 Å². The first-order valence-electron chi connectivity index (χ1n) is 5.67. The summed E-state index contributed by atoms with van der Waals surface area (Å²) >= 11 is 1.40. The van der Waals surface area contributed by atoms with Crippen LogP contribution in [0.25, 0.3) is 0 Å². The van der Waals surface area contributed by atoms with Gasteiger partial charge < -0.3 is 9.64 Å². The van der Waals surface area contributed by atoms with E-state index in [1.807, 2.05) is 25.3 Å². The molecule has 0 spiro atoms. The average molecular weight is 255 g/mol. The molecule has 0 saturated carbocycles. The van der Waals surface area contributed by atoms with Gasteiger partial charge in [-0.3, -0.25) is 4.79 Å². The largest absolute Gasteiger partial charge is 0.449 e. The zero-order chi connectivity index (χ0) is 12.7. The van der Waals surface area contributed by atoms with E-state index in [1.54, 1.807) is 11.0 Å². The van der Waals surface area contributed by atoms with E-state index < -0.39 is 0 Å². The van der Waals surface area contributed by atoms with Crippen molar-refractivity contribution in [3.63, 3.8) is 0 Å². The monoisotopic (exact) mass is 255 g/mol. The first-order chi connectivity index (χ1) is 8.19. The minimum Gasteiger partial charge on any atom is -0.449 e. The minimum absolute atomic E-state index is 0.0207. The van der Waals surface area contributed by atoms with Crippen LogP contribution in [0.4, 0.5) is 4.79 Å². The van der Waals surface area contributed by atoms with Gasteiger partial charge in [-0.2, -0.15) is 0 Å². The molecule has 0 aromatic carbocycles. The fourth-order valence-electron chi connectivity index (χ4n) is 1.36. The number of carbonyl (C=O) groups is 2. The number of hydrogen-bond donors (Lipinski definition) is 0. The summed E-state index contributed by atoms with van der Waals surface area (Å²) in [6.07, 6.45) is -0.109. The molecular weight excluding hydrogens is 238 g/mol. The molecule has 0 N–H and O–H groups in total. The highest BCUT2D eigenvalue weighted by Gasteiger charge is 2.12. The van der Waals surface area contributed by atoms with Gasteiger partial charge in [-0.25, -0.2) is 4.79 Å². The van der Waals surface area contributed by atoms with Crippen LogP contribution in [0.3, 0.4) is 0 Å². The second-order valence-electron chi connectivity index (χ2n) is 3.44. The van der Waals surface area contributed by atoms with Crippen LogP contribution in [0.1, 0.15) is 29.9 Å². The van der Waals surface area contributed by atoms with Crippen molar-refractivity contribution in [3.05, 3.63) is 22.4 Å². The predicted molar refractivity (Wildman–Crippen MR) is 67.5 cm³/mol. The van der Waals surface area contributed by atoms with Crippen LogP contribution in [-0.4, -0.2) is 36.5 Å². The summed E-state index contributed by atoms with van der Waals surface area (Å²) in [5, 5.41) is 1.86. The van der Waals surface area contributed by atoms with Crippen molar-refractivity contribution < 1.29 is 14.3 Å². The number of rotatable bonds is 6. The second kappa shape index (κ2) is 7.06. The molecule has 0 aliphatic carbocycles. The Labute approximate surface area is 105 Å². The summed E-state index contributed by atoms with van der Waals surface area (Å²) in [7, 11) is 0. The lowest BCUT2D eigenvalue weighted by Crippen LogP contribution is -2.31. The first-order valence-corrected chi connectivity index (χ1v) is 6.55. The molecule has 1 heterocycles. The number of Topliss-reactive ketones (excluding diaryl/α,β-unsaturated/α-hetero) is 1. The molecule has 0 saturated heterocycles. The number of thiophene rings is 1. The molecule has 0 fully saturated rings. The van der Waals surface area contributed by atoms with Crippen molar-refractivity contribution in [1.29, 1.82) is 0 Å².